The zero-order valence-electron chi connectivity index (χ0n) is 11.4. The van der Waals surface area contributed by atoms with E-state index in [0.717, 1.165) is 5.56 Å². The highest BCUT2D eigenvalue weighted by molar-refractivity contribution is 6.05. The second-order valence-corrected chi connectivity index (χ2v) is 5.17. The normalized spacial score (nSPS) is 25.9. The molecule has 1 heterocycles. The molecule has 0 radical (unpaired) electrons. The van der Waals surface area contributed by atoms with Crippen LogP contribution in [-0.4, -0.2) is 34.7 Å². The van der Waals surface area contributed by atoms with Crippen LogP contribution in [0.25, 0.3) is 0 Å². The predicted octanol–water partition coefficient (Wildman–Crippen LogP) is 1.62. The van der Waals surface area contributed by atoms with Crippen molar-refractivity contribution >= 4 is 5.78 Å². The van der Waals surface area contributed by atoms with Crippen molar-refractivity contribution in [2.45, 2.75) is 19.3 Å². The van der Waals surface area contributed by atoms with E-state index in [0.29, 0.717) is 31.0 Å². The van der Waals surface area contributed by atoms with Gasteiger partial charge in [0.05, 0.1) is 12.3 Å². The first-order valence-electron chi connectivity index (χ1n) is 6.70. The smallest absolute Gasteiger partial charge is 0.228 e. The lowest BCUT2D eigenvalue weighted by Gasteiger charge is -2.42. The summed E-state index contributed by atoms with van der Waals surface area (Å²) in [7, 11) is 0. The van der Waals surface area contributed by atoms with Gasteiger partial charge < -0.3 is 14.7 Å². The van der Waals surface area contributed by atoms with Crippen LogP contribution in [0.2, 0.25) is 0 Å². The Labute approximate surface area is 118 Å². The number of hydrogen-bond acceptors (Lipinski definition) is 4. The van der Waals surface area contributed by atoms with E-state index in [4.69, 9.17) is 4.74 Å². The van der Waals surface area contributed by atoms with E-state index < -0.39 is 5.79 Å². The van der Waals surface area contributed by atoms with Crippen molar-refractivity contribution in [1.82, 2.24) is 4.90 Å². The second-order valence-electron chi connectivity index (χ2n) is 5.17. The quantitative estimate of drug-likeness (QED) is 0.888. The Morgan fingerprint density at radius 2 is 2.10 bits per heavy atom. The maximum Gasteiger partial charge on any atom is 0.228 e. The van der Waals surface area contributed by atoms with Gasteiger partial charge in [0, 0.05) is 19.2 Å². The molecule has 104 valence electrons. The number of carbonyl (C=O) groups excluding carboxylic acids is 1. The largest absolute Gasteiger partial charge is 0.363 e. The van der Waals surface area contributed by atoms with Gasteiger partial charge in [0.25, 0.3) is 0 Å². The van der Waals surface area contributed by atoms with Gasteiger partial charge in [-0.2, -0.15) is 0 Å². The minimum Gasteiger partial charge on any atom is -0.363 e. The number of morpholine rings is 1. The summed E-state index contributed by atoms with van der Waals surface area (Å²) >= 11 is 0. The van der Waals surface area contributed by atoms with E-state index in [1.54, 1.807) is 6.92 Å². The number of carbonyl (C=O) groups is 1. The SMILES string of the molecule is CC1=C[C@]2(O)OCCN(Cc3ccccc3)C2=CC1=O. The molecule has 0 aromatic heterocycles. The Kier molecular flexibility index (Phi) is 3.20. The topological polar surface area (TPSA) is 49.8 Å². The highest BCUT2D eigenvalue weighted by Crippen LogP contribution is 2.33. The molecule has 20 heavy (non-hydrogen) atoms. The van der Waals surface area contributed by atoms with Gasteiger partial charge in [0.2, 0.25) is 5.79 Å². The molecule has 1 aliphatic carbocycles. The van der Waals surface area contributed by atoms with Crippen molar-refractivity contribution in [3.8, 4) is 0 Å². The maximum atomic E-state index is 11.9. The monoisotopic (exact) mass is 271 g/mol. The first-order valence-corrected chi connectivity index (χ1v) is 6.70. The van der Waals surface area contributed by atoms with Crippen LogP contribution in [0.1, 0.15) is 12.5 Å². The summed E-state index contributed by atoms with van der Waals surface area (Å²) in [6.45, 7) is 3.42. The summed E-state index contributed by atoms with van der Waals surface area (Å²) in [4.78, 5) is 13.9. The first-order chi connectivity index (χ1) is 9.58. The van der Waals surface area contributed by atoms with Crippen molar-refractivity contribution in [3.63, 3.8) is 0 Å². The van der Waals surface area contributed by atoms with Crippen molar-refractivity contribution in [2.75, 3.05) is 13.2 Å². The van der Waals surface area contributed by atoms with Crippen molar-refractivity contribution in [2.24, 2.45) is 0 Å². The molecule has 2 aliphatic rings. The van der Waals surface area contributed by atoms with Gasteiger partial charge in [-0.1, -0.05) is 30.3 Å². The van der Waals surface area contributed by atoms with Gasteiger partial charge in [-0.05, 0) is 24.1 Å². The summed E-state index contributed by atoms with van der Waals surface area (Å²) in [5.41, 5.74) is 2.18. The lowest BCUT2D eigenvalue weighted by Crippen LogP contribution is -2.50. The molecule has 4 nitrogen and oxygen atoms in total. The van der Waals surface area contributed by atoms with Gasteiger partial charge in [-0.15, -0.1) is 0 Å². The maximum absolute atomic E-state index is 11.9. The van der Waals surface area contributed by atoms with Crippen LogP contribution in [0.15, 0.2) is 53.8 Å². The third-order valence-corrected chi connectivity index (χ3v) is 3.68. The number of ether oxygens (including phenoxy) is 1. The lowest BCUT2D eigenvalue weighted by molar-refractivity contribution is -0.179. The zero-order valence-corrected chi connectivity index (χ0v) is 11.4. The number of fused-ring (bicyclic) bond motifs is 1. The standard InChI is InChI=1S/C16H17NO3/c1-12-10-16(19)15(9-14(12)18)17(7-8-20-16)11-13-5-3-2-4-6-13/h2-6,9-10,19H,7-8,11H2,1H3/t16-/m0/s1. The highest BCUT2D eigenvalue weighted by Gasteiger charge is 2.41. The van der Waals surface area contributed by atoms with Crippen LogP contribution < -0.4 is 0 Å². The zero-order chi connectivity index (χ0) is 14.2. The first kappa shape index (κ1) is 13.1. The van der Waals surface area contributed by atoms with Crippen LogP contribution >= 0.6 is 0 Å². The van der Waals surface area contributed by atoms with Gasteiger partial charge in [-0.25, -0.2) is 0 Å². The van der Waals surface area contributed by atoms with Gasteiger partial charge >= 0.3 is 0 Å². The number of aliphatic hydroxyl groups is 1. The summed E-state index contributed by atoms with van der Waals surface area (Å²) in [6, 6.07) is 9.98. The summed E-state index contributed by atoms with van der Waals surface area (Å²) in [6.07, 6.45) is 2.99. The molecule has 0 saturated carbocycles. The Morgan fingerprint density at radius 3 is 2.85 bits per heavy atom. The number of allylic oxidation sites excluding steroid dienone is 2. The van der Waals surface area contributed by atoms with E-state index in [1.807, 2.05) is 35.2 Å². The van der Waals surface area contributed by atoms with Crippen molar-refractivity contribution in [3.05, 3.63) is 59.3 Å². The summed E-state index contributed by atoms with van der Waals surface area (Å²) in [5, 5.41) is 10.6. The van der Waals surface area contributed by atoms with Crippen LogP contribution in [0.4, 0.5) is 0 Å². The molecule has 0 unspecified atom stereocenters. The Bertz CT molecular complexity index is 591. The summed E-state index contributed by atoms with van der Waals surface area (Å²) < 4.78 is 5.47. The van der Waals surface area contributed by atoms with E-state index in [2.05, 4.69) is 0 Å². The van der Waals surface area contributed by atoms with E-state index >= 15 is 0 Å². The molecule has 1 saturated heterocycles. The van der Waals surface area contributed by atoms with Crippen molar-refractivity contribution < 1.29 is 14.6 Å². The fourth-order valence-corrected chi connectivity index (χ4v) is 2.61. The average Bonchev–Trinajstić information content (AvgIpc) is 2.42. The van der Waals surface area contributed by atoms with Crippen LogP contribution in [0.5, 0.6) is 0 Å². The Morgan fingerprint density at radius 1 is 1.35 bits per heavy atom. The molecular formula is C16H17NO3. The molecule has 1 aliphatic heterocycles. The average molecular weight is 271 g/mol. The van der Waals surface area contributed by atoms with E-state index in [1.165, 1.54) is 12.2 Å². The third kappa shape index (κ3) is 2.28. The minimum absolute atomic E-state index is 0.0757. The number of ketones is 1. The fourth-order valence-electron chi connectivity index (χ4n) is 2.61. The van der Waals surface area contributed by atoms with E-state index in [9.17, 15) is 9.90 Å². The van der Waals surface area contributed by atoms with Gasteiger partial charge in [0.15, 0.2) is 5.78 Å². The number of benzene rings is 1. The molecule has 1 N–H and O–H groups in total. The van der Waals surface area contributed by atoms with Crippen molar-refractivity contribution in [1.29, 1.82) is 0 Å². The molecule has 1 atom stereocenters. The van der Waals surface area contributed by atoms with E-state index in [-0.39, 0.29) is 5.78 Å². The van der Waals surface area contributed by atoms with Crippen LogP contribution in [-0.2, 0) is 16.1 Å². The lowest BCUT2D eigenvalue weighted by atomic mass is 9.96. The second kappa shape index (κ2) is 4.89. The van der Waals surface area contributed by atoms with Crippen LogP contribution in [0, 0.1) is 0 Å². The number of rotatable bonds is 2. The molecule has 0 spiro atoms. The molecule has 0 bridgehead atoms. The minimum atomic E-state index is -1.47. The molecule has 4 heteroatoms. The predicted molar refractivity (Wildman–Crippen MR) is 74.6 cm³/mol. The van der Waals surface area contributed by atoms with Gasteiger partial charge in [-0.3, -0.25) is 4.79 Å². The summed E-state index contributed by atoms with van der Waals surface area (Å²) in [5.74, 6) is -1.54. The highest BCUT2D eigenvalue weighted by atomic mass is 16.6. The van der Waals surface area contributed by atoms with Gasteiger partial charge in [0.1, 0.15) is 0 Å². The van der Waals surface area contributed by atoms with Crippen LogP contribution in [0.3, 0.4) is 0 Å². The molecule has 3 rings (SSSR count). The molecule has 1 aromatic rings. The molecule has 1 aromatic carbocycles. The fraction of sp³-hybridized carbons (Fsp3) is 0.312. The molecule has 1 fully saturated rings. The number of hydrogen-bond donors (Lipinski definition) is 1. The Hall–Kier alpha value is -1.91. The third-order valence-electron chi connectivity index (χ3n) is 3.68. The number of nitrogens with zero attached hydrogens (tertiary/aromatic N) is 1. The molecular weight excluding hydrogens is 254 g/mol. The Balaban J connectivity index is 1.90. The molecule has 0 amide bonds.